The van der Waals surface area contributed by atoms with Crippen LogP contribution in [0.15, 0.2) is 49.1 Å². The zero-order valence-electron chi connectivity index (χ0n) is 21.9. The number of fused-ring (bicyclic) bond motifs is 1. The van der Waals surface area contributed by atoms with E-state index < -0.39 is 5.54 Å². The van der Waals surface area contributed by atoms with Gasteiger partial charge < -0.3 is 25.9 Å². The first-order valence-electron chi connectivity index (χ1n) is 12.2. The molecule has 3 rings (SSSR count). The van der Waals surface area contributed by atoms with Crippen LogP contribution in [-0.2, 0) is 5.54 Å². The lowest BCUT2D eigenvalue weighted by atomic mass is 9.99. The van der Waals surface area contributed by atoms with E-state index in [-0.39, 0.29) is 5.92 Å². The molecule has 0 saturated carbocycles. The van der Waals surface area contributed by atoms with Crippen LogP contribution < -0.4 is 16.4 Å². The Balaban J connectivity index is 0.00000210. The van der Waals surface area contributed by atoms with Gasteiger partial charge in [-0.15, -0.1) is 0 Å². The number of aliphatic hydroxyl groups excluding tert-OH is 1. The fourth-order valence-electron chi connectivity index (χ4n) is 3.70. The fourth-order valence-corrected chi connectivity index (χ4v) is 3.70. The van der Waals surface area contributed by atoms with Crippen LogP contribution in [-0.4, -0.2) is 49.9 Å². The number of hydrogen-bond acceptors (Lipinski definition) is 7. The number of H-pyrrole nitrogens is 1. The second-order valence-corrected chi connectivity index (χ2v) is 9.25. The normalized spacial score (nSPS) is 12.0. The number of anilines is 2. The third kappa shape index (κ3) is 7.93. The van der Waals surface area contributed by atoms with Crippen LogP contribution >= 0.6 is 0 Å². The Labute approximate surface area is 208 Å². The SMILES string of the molecule is CCC(CCN)CNc1cc[nH]ncc(C(C)C)c(NC(C)(C)c2cn3ccccc3n2)n1.CO. The van der Waals surface area contributed by atoms with Gasteiger partial charge in [0.15, 0.2) is 0 Å². The van der Waals surface area contributed by atoms with Crippen LogP contribution in [0.2, 0.25) is 0 Å². The summed E-state index contributed by atoms with van der Waals surface area (Å²) >= 11 is 0. The lowest BCUT2D eigenvalue weighted by Gasteiger charge is -2.26. The molecule has 0 amide bonds. The molecule has 0 bridgehead atoms. The maximum absolute atomic E-state index is 7.00. The Morgan fingerprint density at radius 3 is 2.60 bits per heavy atom. The fraction of sp³-hybridized carbons (Fsp3) is 0.500. The molecule has 192 valence electrons. The summed E-state index contributed by atoms with van der Waals surface area (Å²) in [5.74, 6) is 2.27. The predicted molar refractivity (Wildman–Crippen MR) is 144 cm³/mol. The van der Waals surface area contributed by atoms with Crippen molar-refractivity contribution in [2.24, 2.45) is 11.7 Å². The van der Waals surface area contributed by atoms with Crippen LogP contribution in [0.5, 0.6) is 0 Å². The molecule has 9 nitrogen and oxygen atoms in total. The molecule has 3 aromatic heterocycles. The summed E-state index contributed by atoms with van der Waals surface area (Å²) in [5, 5.41) is 21.5. The van der Waals surface area contributed by atoms with Crippen LogP contribution in [0.1, 0.15) is 64.6 Å². The highest BCUT2D eigenvalue weighted by atomic mass is 16.2. The van der Waals surface area contributed by atoms with Gasteiger partial charge in [-0.1, -0.05) is 33.3 Å². The average Bonchev–Trinajstić information content (AvgIpc) is 3.32. The van der Waals surface area contributed by atoms with E-state index in [1.165, 1.54) is 0 Å². The van der Waals surface area contributed by atoms with Gasteiger partial charge in [-0.25, -0.2) is 9.97 Å². The van der Waals surface area contributed by atoms with Crippen LogP contribution in [0, 0.1) is 5.92 Å². The number of nitrogens with two attached hydrogens (primary N) is 1. The van der Waals surface area contributed by atoms with Gasteiger partial charge in [-0.2, -0.15) is 5.10 Å². The summed E-state index contributed by atoms with van der Waals surface area (Å²) in [4.78, 5) is 9.85. The van der Waals surface area contributed by atoms with Crippen LogP contribution in [0.3, 0.4) is 0 Å². The second kappa shape index (κ2) is 13.7. The molecule has 3 heterocycles. The highest BCUT2D eigenvalue weighted by Crippen LogP contribution is 2.29. The standard InChI is InChI=1S/C25H38N8.CH4O/c1-6-19(10-12-26)15-27-22-11-13-28-29-16-20(18(2)3)24(31-22)32-25(4,5)21-17-33-14-8-7-9-23(33)30-21;1-2/h7-9,11,13-14,16-19,28,32H,6,10,12,15,26H2,1-5H3,(H,27,31);2H,1H3. The Morgan fingerprint density at radius 1 is 1.17 bits per heavy atom. The molecule has 1 unspecified atom stereocenters. The van der Waals surface area contributed by atoms with E-state index in [2.05, 4.69) is 61.6 Å². The minimum atomic E-state index is -0.458. The van der Waals surface area contributed by atoms with Crippen molar-refractivity contribution in [1.82, 2.24) is 24.6 Å². The zero-order valence-corrected chi connectivity index (χ0v) is 21.9. The van der Waals surface area contributed by atoms with Crippen molar-refractivity contribution in [1.29, 1.82) is 0 Å². The topological polar surface area (TPSA) is 129 Å². The highest BCUT2D eigenvalue weighted by molar-refractivity contribution is 5.51. The summed E-state index contributed by atoms with van der Waals surface area (Å²) in [6.07, 6.45) is 9.76. The van der Waals surface area contributed by atoms with E-state index in [0.29, 0.717) is 12.5 Å². The van der Waals surface area contributed by atoms with Crippen LogP contribution in [0.4, 0.5) is 11.6 Å². The maximum atomic E-state index is 7.00. The number of aromatic amines is 1. The molecule has 1 atom stereocenters. The van der Waals surface area contributed by atoms with Crippen molar-refractivity contribution < 1.29 is 5.11 Å². The van der Waals surface area contributed by atoms with E-state index in [1.807, 2.05) is 41.1 Å². The van der Waals surface area contributed by atoms with Gasteiger partial charge >= 0.3 is 0 Å². The summed E-state index contributed by atoms with van der Waals surface area (Å²) in [7, 11) is 1.00. The Kier molecular flexibility index (Phi) is 10.9. The van der Waals surface area contributed by atoms with E-state index in [1.54, 1.807) is 6.20 Å². The molecule has 0 aliphatic rings. The minimum absolute atomic E-state index is 0.221. The molecular formula is C26H42N8O. The van der Waals surface area contributed by atoms with E-state index in [9.17, 15) is 0 Å². The van der Waals surface area contributed by atoms with Gasteiger partial charge in [0.05, 0.1) is 17.4 Å². The van der Waals surface area contributed by atoms with E-state index in [4.69, 9.17) is 20.8 Å². The first-order valence-corrected chi connectivity index (χ1v) is 12.2. The second-order valence-electron chi connectivity index (χ2n) is 9.25. The molecule has 6 N–H and O–H groups in total. The molecule has 35 heavy (non-hydrogen) atoms. The molecule has 0 aliphatic carbocycles. The van der Waals surface area contributed by atoms with Crippen molar-refractivity contribution >= 4 is 17.3 Å². The quantitative estimate of drug-likeness (QED) is 0.289. The maximum Gasteiger partial charge on any atom is 0.137 e. The summed E-state index contributed by atoms with van der Waals surface area (Å²) in [5.41, 5.74) is 8.19. The van der Waals surface area contributed by atoms with Gasteiger partial charge in [0.25, 0.3) is 0 Å². The van der Waals surface area contributed by atoms with Gasteiger partial charge in [0.1, 0.15) is 17.3 Å². The molecular weight excluding hydrogens is 440 g/mol. The van der Waals surface area contributed by atoms with Gasteiger partial charge in [-0.05, 0) is 56.8 Å². The Bertz CT molecular complexity index is 1050. The number of nitrogens with one attached hydrogen (secondary N) is 3. The molecule has 3 aromatic rings. The largest absolute Gasteiger partial charge is 0.400 e. The van der Waals surface area contributed by atoms with Crippen molar-refractivity contribution in [2.75, 3.05) is 30.8 Å². The van der Waals surface area contributed by atoms with Gasteiger partial charge in [0, 0.05) is 37.8 Å². The Morgan fingerprint density at radius 2 is 1.94 bits per heavy atom. The minimum Gasteiger partial charge on any atom is -0.400 e. The lowest BCUT2D eigenvalue weighted by Crippen LogP contribution is -2.29. The number of aliphatic hydroxyl groups is 1. The third-order valence-corrected chi connectivity index (χ3v) is 5.88. The Hall–Kier alpha value is -3.17. The van der Waals surface area contributed by atoms with Gasteiger partial charge in [-0.3, -0.25) is 5.10 Å². The predicted octanol–water partition coefficient (Wildman–Crippen LogP) is 4.44. The molecule has 0 aromatic carbocycles. The molecule has 0 aliphatic heterocycles. The molecule has 0 saturated heterocycles. The molecule has 9 heteroatoms. The first-order chi connectivity index (χ1) is 16.8. The molecule has 0 radical (unpaired) electrons. The number of imidazole rings is 1. The lowest BCUT2D eigenvalue weighted by molar-refractivity contribution is 0.399. The molecule has 0 spiro atoms. The third-order valence-electron chi connectivity index (χ3n) is 5.88. The van der Waals surface area contributed by atoms with Crippen molar-refractivity contribution in [3.63, 3.8) is 0 Å². The van der Waals surface area contributed by atoms with Crippen LogP contribution in [0.25, 0.3) is 5.65 Å². The number of hydrogen-bond donors (Lipinski definition) is 5. The van der Waals surface area contributed by atoms with Crippen molar-refractivity contribution in [3.8, 4) is 0 Å². The highest BCUT2D eigenvalue weighted by Gasteiger charge is 2.26. The van der Waals surface area contributed by atoms with Crippen molar-refractivity contribution in [2.45, 2.75) is 58.9 Å². The van der Waals surface area contributed by atoms with Gasteiger partial charge in [0.2, 0.25) is 0 Å². The monoisotopic (exact) mass is 482 g/mol. The number of nitrogens with zero attached hydrogens (tertiary/aromatic N) is 4. The smallest absolute Gasteiger partial charge is 0.137 e. The number of aromatic nitrogens is 5. The molecule has 0 fully saturated rings. The number of pyridine rings is 1. The summed E-state index contributed by atoms with van der Waals surface area (Å²) in [6, 6.07) is 7.92. The van der Waals surface area contributed by atoms with E-state index in [0.717, 1.165) is 55.0 Å². The van der Waals surface area contributed by atoms with E-state index >= 15 is 0 Å². The number of rotatable bonds is 10. The average molecular weight is 483 g/mol. The van der Waals surface area contributed by atoms with Crippen molar-refractivity contribution in [3.05, 3.63) is 60.3 Å². The summed E-state index contributed by atoms with van der Waals surface area (Å²) < 4.78 is 2.03. The summed E-state index contributed by atoms with van der Waals surface area (Å²) in [6.45, 7) is 12.2. The first kappa shape index (κ1) is 28.1. The zero-order chi connectivity index (χ0) is 25.8.